The standard InChI is InChI=1S/C15H21NO3/c1-16-10-14(17)9-13(16)8-5-11-3-6-12(7-4-11)15(18)19-2/h3-4,6-7,13-14,17H,5,8-10H2,1-2H3/t13-,14-/m1/s1. The maximum Gasteiger partial charge on any atom is 0.337 e. The summed E-state index contributed by atoms with van der Waals surface area (Å²) in [5.74, 6) is -0.301. The number of carbonyl (C=O) groups excluding carboxylic acids is 1. The number of rotatable bonds is 4. The van der Waals surface area contributed by atoms with Gasteiger partial charge in [0, 0.05) is 12.6 Å². The predicted octanol–water partition coefficient (Wildman–Crippen LogP) is 1.47. The van der Waals surface area contributed by atoms with Crippen LogP contribution in [0.25, 0.3) is 0 Å². The number of aliphatic hydroxyl groups is 1. The number of aliphatic hydroxyl groups excluding tert-OH is 1. The van der Waals surface area contributed by atoms with E-state index in [0.717, 1.165) is 25.8 Å². The van der Waals surface area contributed by atoms with Crippen LogP contribution in [0.2, 0.25) is 0 Å². The van der Waals surface area contributed by atoms with E-state index in [0.29, 0.717) is 11.6 Å². The van der Waals surface area contributed by atoms with Crippen molar-refractivity contribution in [1.29, 1.82) is 0 Å². The molecule has 0 spiro atoms. The third kappa shape index (κ3) is 3.55. The van der Waals surface area contributed by atoms with Crippen LogP contribution in [-0.2, 0) is 11.2 Å². The number of benzene rings is 1. The summed E-state index contributed by atoms with van der Waals surface area (Å²) in [4.78, 5) is 13.5. The molecule has 1 heterocycles. The molecule has 1 aliphatic heterocycles. The van der Waals surface area contributed by atoms with Crippen molar-refractivity contribution in [1.82, 2.24) is 4.90 Å². The molecule has 1 aromatic carbocycles. The summed E-state index contributed by atoms with van der Waals surface area (Å²) in [6.07, 6.45) is 2.67. The first-order valence-corrected chi connectivity index (χ1v) is 6.65. The normalized spacial score (nSPS) is 23.5. The summed E-state index contributed by atoms with van der Waals surface area (Å²) in [5, 5.41) is 9.60. The minimum atomic E-state index is -0.301. The Balaban J connectivity index is 1.88. The Morgan fingerprint density at radius 3 is 2.63 bits per heavy atom. The molecule has 19 heavy (non-hydrogen) atoms. The van der Waals surface area contributed by atoms with Crippen molar-refractivity contribution in [3.63, 3.8) is 0 Å². The Hall–Kier alpha value is -1.39. The number of likely N-dealkylation sites (N-methyl/N-ethyl adjacent to an activating group) is 1. The van der Waals surface area contributed by atoms with Gasteiger partial charge in [-0.05, 0) is 44.0 Å². The molecule has 2 atom stereocenters. The Bertz CT molecular complexity index is 430. The lowest BCUT2D eigenvalue weighted by molar-refractivity contribution is 0.0600. The third-order valence-corrected chi connectivity index (χ3v) is 3.81. The monoisotopic (exact) mass is 263 g/mol. The number of nitrogens with zero attached hydrogens (tertiary/aromatic N) is 1. The highest BCUT2D eigenvalue weighted by atomic mass is 16.5. The van der Waals surface area contributed by atoms with E-state index in [1.54, 1.807) is 12.1 Å². The van der Waals surface area contributed by atoms with Gasteiger partial charge in [0.1, 0.15) is 0 Å². The average Bonchev–Trinajstić information content (AvgIpc) is 2.74. The van der Waals surface area contributed by atoms with Gasteiger partial charge in [-0.2, -0.15) is 0 Å². The molecule has 2 rings (SSSR count). The fraction of sp³-hybridized carbons (Fsp3) is 0.533. The predicted molar refractivity (Wildman–Crippen MR) is 73.1 cm³/mol. The number of likely N-dealkylation sites (tertiary alicyclic amines) is 1. The smallest absolute Gasteiger partial charge is 0.337 e. The second kappa shape index (κ2) is 6.17. The average molecular weight is 263 g/mol. The summed E-state index contributed by atoms with van der Waals surface area (Å²) in [6.45, 7) is 0.770. The molecule has 0 amide bonds. The van der Waals surface area contributed by atoms with E-state index in [4.69, 9.17) is 0 Å². The Kier molecular flexibility index (Phi) is 4.56. The number of esters is 1. The Labute approximate surface area is 114 Å². The van der Waals surface area contributed by atoms with Gasteiger partial charge in [-0.15, -0.1) is 0 Å². The van der Waals surface area contributed by atoms with Crippen LogP contribution in [0.4, 0.5) is 0 Å². The second-order valence-corrected chi connectivity index (χ2v) is 5.21. The first kappa shape index (κ1) is 14.0. The second-order valence-electron chi connectivity index (χ2n) is 5.21. The van der Waals surface area contributed by atoms with Crippen LogP contribution in [0, 0.1) is 0 Å². The van der Waals surface area contributed by atoms with Crippen molar-refractivity contribution in [2.45, 2.75) is 31.4 Å². The first-order chi connectivity index (χ1) is 9.10. The van der Waals surface area contributed by atoms with Crippen LogP contribution in [0.1, 0.15) is 28.8 Å². The lowest BCUT2D eigenvalue weighted by atomic mass is 10.0. The van der Waals surface area contributed by atoms with Gasteiger partial charge < -0.3 is 14.7 Å². The van der Waals surface area contributed by atoms with Gasteiger partial charge in [0.2, 0.25) is 0 Å². The van der Waals surface area contributed by atoms with Gasteiger partial charge in [-0.1, -0.05) is 12.1 Å². The Morgan fingerprint density at radius 1 is 1.42 bits per heavy atom. The van der Waals surface area contributed by atoms with E-state index in [1.165, 1.54) is 12.7 Å². The largest absolute Gasteiger partial charge is 0.465 e. The number of β-amino-alcohol motifs (C(OH)–C–C–N with tert-alkyl or cyclic N) is 1. The van der Waals surface area contributed by atoms with Crippen molar-refractivity contribution in [3.05, 3.63) is 35.4 Å². The molecule has 0 aliphatic carbocycles. The zero-order chi connectivity index (χ0) is 13.8. The molecule has 0 aromatic heterocycles. The fourth-order valence-corrected chi connectivity index (χ4v) is 2.65. The molecular weight excluding hydrogens is 242 g/mol. The fourth-order valence-electron chi connectivity index (χ4n) is 2.65. The molecule has 104 valence electrons. The maximum atomic E-state index is 11.3. The van der Waals surface area contributed by atoms with Crippen molar-refractivity contribution in [3.8, 4) is 0 Å². The highest BCUT2D eigenvalue weighted by Crippen LogP contribution is 2.20. The molecule has 4 heteroatoms. The number of methoxy groups -OCH3 is 1. The number of ether oxygens (including phenoxy) is 1. The molecule has 1 fully saturated rings. The van der Waals surface area contributed by atoms with Crippen molar-refractivity contribution in [2.75, 3.05) is 20.7 Å². The molecule has 1 aliphatic rings. The maximum absolute atomic E-state index is 11.3. The number of aryl methyl sites for hydroxylation is 1. The zero-order valence-electron chi connectivity index (χ0n) is 11.5. The summed E-state index contributed by atoms with van der Waals surface area (Å²) in [5.41, 5.74) is 1.79. The molecule has 0 bridgehead atoms. The topological polar surface area (TPSA) is 49.8 Å². The third-order valence-electron chi connectivity index (χ3n) is 3.81. The SMILES string of the molecule is COC(=O)c1ccc(CC[C@@H]2C[C@@H](O)CN2C)cc1. The van der Waals surface area contributed by atoms with Gasteiger partial charge in [-0.3, -0.25) is 0 Å². The van der Waals surface area contributed by atoms with Gasteiger partial charge in [0.15, 0.2) is 0 Å². The van der Waals surface area contributed by atoms with Gasteiger partial charge in [0.05, 0.1) is 18.8 Å². The van der Waals surface area contributed by atoms with E-state index in [2.05, 4.69) is 16.7 Å². The molecule has 0 radical (unpaired) electrons. The van der Waals surface area contributed by atoms with E-state index < -0.39 is 0 Å². The zero-order valence-corrected chi connectivity index (χ0v) is 11.5. The molecule has 4 nitrogen and oxygen atoms in total. The first-order valence-electron chi connectivity index (χ1n) is 6.65. The van der Waals surface area contributed by atoms with Crippen molar-refractivity contribution < 1.29 is 14.6 Å². The number of hydrogen-bond acceptors (Lipinski definition) is 4. The van der Waals surface area contributed by atoms with E-state index in [9.17, 15) is 9.90 Å². The lowest BCUT2D eigenvalue weighted by Crippen LogP contribution is -2.25. The number of carbonyl (C=O) groups is 1. The lowest BCUT2D eigenvalue weighted by Gasteiger charge is -2.18. The molecule has 0 saturated carbocycles. The molecule has 1 N–H and O–H groups in total. The molecule has 1 aromatic rings. The quantitative estimate of drug-likeness (QED) is 0.836. The van der Waals surface area contributed by atoms with Gasteiger partial charge in [0.25, 0.3) is 0 Å². The van der Waals surface area contributed by atoms with E-state index in [1.807, 2.05) is 12.1 Å². The highest BCUT2D eigenvalue weighted by molar-refractivity contribution is 5.89. The molecular formula is C15H21NO3. The van der Waals surface area contributed by atoms with E-state index in [-0.39, 0.29) is 12.1 Å². The van der Waals surface area contributed by atoms with Crippen LogP contribution in [0.5, 0.6) is 0 Å². The van der Waals surface area contributed by atoms with E-state index >= 15 is 0 Å². The van der Waals surface area contributed by atoms with Gasteiger partial charge in [-0.25, -0.2) is 4.79 Å². The van der Waals surface area contributed by atoms with Gasteiger partial charge >= 0.3 is 5.97 Å². The van der Waals surface area contributed by atoms with Crippen LogP contribution in [-0.4, -0.2) is 48.8 Å². The summed E-state index contributed by atoms with van der Waals surface area (Å²) < 4.78 is 4.67. The van der Waals surface area contributed by atoms with Crippen molar-refractivity contribution >= 4 is 5.97 Å². The minimum absolute atomic E-state index is 0.184. The van der Waals surface area contributed by atoms with Crippen LogP contribution < -0.4 is 0 Å². The summed E-state index contributed by atoms with van der Waals surface area (Å²) in [6, 6.07) is 7.99. The summed E-state index contributed by atoms with van der Waals surface area (Å²) >= 11 is 0. The number of hydrogen-bond donors (Lipinski definition) is 1. The van der Waals surface area contributed by atoms with Crippen LogP contribution in [0.3, 0.4) is 0 Å². The molecule has 1 saturated heterocycles. The van der Waals surface area contributed by atoms with Crippen molar-refractivity contribution in [2.24, 2.45) is 0 Å². The van der Waals surface area contributed by atoms with Crippen LogP contribution in [0.15, 0.2) is 24.3 Å². The Morgan fingerprint density at radius 2 is 2.11 bits per heavy atom. The summed E-state index contributed by atoms with van der Waals surface area (Å²) in [7, 11) is 3.44. The molecule has 0 unspecified atom stereocenters. The minimum Gasteiger partial charge on any atom is -0.465 e. The highest BCUT2D eigenvalue weighted by Gasteiger charge is 2.27. The van der Waals surface area contributed by atoms with Crippen LogP contribution >= 0.6 is 0 Å².